The monoisotopic (exact) mass is 320 g/mol. The summed E-state index contributed by atoms with van der Waals surface area (Å²) in [5.41, 5.74) is 0.841. The van der Waals surface area contributed by atoms with Gasteiger partial charge in [0.2, 0.25) is 5.91 Å². The van der Waals surface area contributed by atoms with E-state index in [1.807, 2.05) is 11.0 Å². The number of amides is 1. The van der Waals surface area contributed by atoms with Gasteiger partial charge in [-0.05, 0) is 43.9 Å². The van der Waals surface area contributed by atoms with Crippen molar-refractivity contribution in [2.24, 2.45) is 0 Å². The first-order valence-electron chi connectivity index (χ1n) is 8.52. The van der Waals surface area contributed by atoms with Gasteiger partial charge in [-0.25, -0.2) is 4.39 Å². The van der Waals surface area contributed by atoms with Crippen LogP contribution in [0.15, 0.2) is 24.3 Å². The fourth-order valence-corrected chi connectivity index (χ4v) is 3.51. The molecule has 1 amide bonds. The van der Waals surface area contributed by atoms with Crippen molar-refractivity contribution in [3.63, 3.8) is 0 Å². The number of morpholine rings is 1. The Balaban J connectivity index is 1.59. The van der Waals surface area contributed by atoms with Gasteiger partial charge in [0.25, 0.3) is 0 Å². The van der Waals surface area contributed by atoms with Crippen LogP contribution in [0.1, 0.15) is 37.9 Å². The van der Waals surface area contributed by atoms with Gasteiger partial charge in [-0.2, -0.15) is 0 Å². The highest BCUT2D eigenvalue weighted by Crippen LogP contribution is 2.23. The van der Waals surface area contributed by atoms with Crippen LogP contribution in [0.3, 0.4) is 0 Å². The molecule has 1 aromatic rings. The predicted octanol–water partition coefficient (Wildman–Crippen LogP) is 2.60. The zero-order valence-electron chi connectivity index (χ0n) is 13.7. The average molecular weight is 320 g/mol. The van der Waals surface area contributed by atoms with Crippen molar-refractivity contribution in [1.82, 2.24) is 9.80 Å². The lowest BCUT2D eigenvalue weighted by Gasteiger charge is -2.37. The quantitative estimate of drug-likeness (QED) is 0.858. The molecular weight excluding hydrogens is 295 g/mol. The van der Waals surface area contributed by atoms with E-state index >= 15 is 0 Å². The standard InChI is InChI=1S/C18H25FN2O2/c1-14-5-2-3-8-21(14)18(22)13-20-9-10-23-17(12-20)15-6-4-7-16(19)11-15/h4,6-7,11,14,17H,2-3,5,8-10,12-13H2,1H3. The first-order chi connectivity index (χ1) is 11.1. The molecule has 0 radical (unpaired) electrons. The minimum Gasteiger partial charge on any atom is -0.371 e. The molecule has 2 saturated heterocycles. The summed E-state index contributed by atoms with van der Waals surface area (Å²) < 4.78 is 19.1. The summed E-state index contributed by atoms with van der Waals surface area (Å²) in [5.74, 6) is -0.0430. The number of ether oxygens (including phenoxy) is 1. The minimum absolute atomic E-state index is 0.161. The van der Waals surface area contributed by atoms with Gasteiger partial charge >= 0.3 is 0 Å². The van der Waals surface area contributed by atoms with E-state index in [4.69, 9.17) is 4.74 Å². The Bertz CT molecular complexity index is 552. The lowest BCUT2D eigenvalue weighted by atomic mass is 10.0. The molecule has 0 saturated carbocycles. The lowest BCUT2D eigenvalue weighted by molar-refractivity contribution is -0.137. The number of rotatable bonds is 3. The lowest BCUT2D eigenvalue weighted by Crippen LogP contribution is -2.49. The van der Waals surface area contributed by atoms with E-state index in [1.54, 1.807) is 6.07 Å². The highest BCUT2D eigenvalue weighted by Gasteiger charge is 2.28. The molecule has 4 nitrogen and oxygen atoms in total. The zero-order valence-corrected chi connectivity index (χ0v) is 13.7. The molecule has 2 aliphatic rings. The van der Waals surface area contributed by atoms with Crippen molar-refractivity contribution in [2.45, 2.75) is 38.3 Å². The molecule has 1 aromatic carbocycles. The molecule has 2 unspecified atom stereocenters. The van der Waals surface area contributed by atoms with Crippen LogP contribution in [0, 0.1) is 5.82 Å². The van der Waals surface area contributed by atoms with Crippen LogP contribution in [-0.4, -0.2) is 54.5 Å². The third-order valence-corrected chi connectivity index (χ3v) is 4.85. The van der Waals surface area contributed by atoms with Gasteiger partial charge in [-0.1, -0.05) is 12.1 Å². The van der Waals surface area contributed by atoms with Crippen LogP contribution in [0.2, 0.25) is 0 Å². The first-order valence-corrected chi connectivity index (χ1v) is 8.52. The number of hydrogen-bond acceptors (Lipinski definition) is 3. The van der Waals surface area contributed by atoms with E-state index in [0.717, 1.165) is 31.5 Å². The van der Waals surface area contributed by atoms with E-state index in [1.165, 1.54) is 18.6 Å². The van der Waals surface area contributed by atoms with E-state index in [0.29, 0.717) is 25.7 Å². The maximum Gasteiger partial charge on any atom is 0.236 e. The number of carbonyl (C=O) groups excluding carboxylic acids is 1. The molecule has 2 aliphatic heterocycles. The molecule has 2 fully saturated rings. The highest BCUT2D eigenvalue weighted by atomic mass is 19.1. The Labute approximate surface area is 137 Å². The van der Waals surface area contributed by atoms with Crippen LogP contribution in [-0.2, 0) is 9.53 Å². The molecule has 0 aromatic heterocycles. The smallest absolute Gasteiger partial charge is 0.236 e. The molecule has 126 valence electrons. The van der Waals surface area contributed by atoms with Crippen LogP contribution < -0.4 is 0 Å². The summed E-state index contributed by atoms with van der Waals surface area (Å²) in [7, 11) is 0. The van der Waals surface area contributed by atoms with Gasteiger partial charge in [-0.3, -0.25) is 9.69 Å². The van der Waals surface area contributed by atoms with Crippen LogP contribution in [0.5, 0.6) is 0 Å². The Morgan fingerprint density at radius 3 is 3.00 bits per heavy atom. The molecule has 23 heavy (non-hydrogen) atoms. The second-order valence-corrected chi connectivity index (χ2v) is 6.58. The number of likely N-dealkylation sites (tertiary alicyclic amines) is 1. The Morgan fingerprint density at radius 2 is 2.22 bits per heavy atom. The van der Waals surface area contributed by atoms with E-state index < -0.39 is 0 Å². The SMILES string of the molecule is CC1CCCCN1C(=O)CN1CCOC(c2cccc(F)c2)C1. The molecule has 0 aliphatic carbocycles. The van der Waals surface area contributed by atoms with Crippen molar-refractivity contribution in [3.05, 3.63) is 35.6 Å². The molecule has 0 N–H and O–H groups in total. The summed E-state index contributed by atoms with van der Waals surface area (Å²) in [4.78, 5) is 16.7. The molecule has 0 spiro atoms. The zero-order chi connectivity index (χ0) is 16.2. The van der Waals surface area contributed by atoms with Crippen molar-refractivity contribution < 1.29 is 13.9 Å². The molecule has 0 bridgehead atoms. The van der Waals surface area contributed by atoms with Gasteiger partial charge in [-0.15, -0.1) is 0 Å². The summed E-state index contributed by atoms with van der Waals surface area (Å²) in [6, 6.07) is 6.88. The van der Waals surface area contributed by atoms with Crippen molar-refractivity contribution >= 4 is 5.91 Å². The fourth-order valence-electron chi connectivity index (χ4n) is 3.51. The third kappa shape index (κ3) is 4.09. The van der Waals surface area contributed by atoms with Crippen LogP contribution in [0.25, 0.3) is 0 Å². The summed E-state index contributed by atoms with van der Waals surface area (Å²) in [6.45, 7) is 5.39. The normalized spacial score (nSPS) is 26.3. The van der Waals surface area contributed by atoms with Crippen molar-refractivity contribution in [3.8, 4) is 0 Å². The minimum atomic E-state index is -0.249. The number of hydrogen-bond donors (Lipinski definition) is 0. The molecule has 2 atom stereocenters. The Morgan fingerprint density at radius 1 is 1.35 bits per heavy atom. The molecule has 2 heterocycles. The molecular formula is C18H25FN2O2. The van der Waals surface area contributed by atoms with Gasteiger partial charge in [0.15, 0.2) is 0 Å². The summed E-state index contributed by atoms with van der Waals surface area (Å²) in [6.07, 6.45) is 3.25. The second-order valence-electron chi connectivity index (χ2n) is 6.58. The van der Waals surface area contributed by atoms with Crippen molar-refractivity contribution in [1.29, 1.82) is 0 Å². The molecule has 3 rings (SSSR count). The number of carbonyl (C=O) groups is 1. The number of piperidine rings is 1. The summed E-state index contributed by atoms with van der Waals surface area (Å²) in [5, 5.41) is 0. The van der Waals surface area contributed by atoms with Crippen LogP contribution >= 0.6 is 0 Å². The molecule has 5 heteroatoms. The van der Waals surface area contributed by atoms with Gasteiger partial charge < -0.3 is 9.64 Å². The second kappa shape index (κ2) is 7.41. The van der Waals surface area contributed by atoms with E-state index in [-0.39, 0.29) is 17.8 Å². The third-order valence-electron chi connectivity index (χ3n) is 4.85. The Hall–Kier alpha value is -1.46. The van der Waals surface area contributed by atoms with Gasteiger partial charge in [0, 0.05) is 25.7 Å². The van der Waals surface area contributed by atoms with E-state index in [2.05, 4.69) is 11.8 Å². The maximum absolute atomic E-state index is 13.4. The topological polar surface area (TPSA) is 32.8 Å². The Kier molecular flexibility index (Phi) is 5.28. The predicted molar refractivity (Wildman–Crippen MR) is 86.6 cm³/mol. The van der Waals surface area contributed by atoms with E-state index in [9.17, 15) is 9.18 Å². The number of benzene rings is 1. The number of halogens is 1. The highest BCUT2D eigenvalue weighted by molar-refractivity contribution is 5.78. The van der Waals surface area contributed by atoms with Crippen LogP contribution in [0.4, 0.5) is 4.39 Å². The fraction of sp³-hybridized carbons (Fsp3) is 0.611. The first kappa shape index (κ1) is 16.4. The summed E-state index contributed by atoms with van der Waals surface area (Å²) >= 11 is 0. The maximum atomic E-state index is 13.4. The average Bonchev–Trinajstić information content (AvgIpc) is 2.55. The number of nitrogens with zero attached hydrogens (tertiary/aromatic N) is 2. The van der Waals surface area contributed by atoms with Gasteiger partial charge in [0.05, 0.1) is 19.3 Å². The van der Waals surface area contributed by atoms with Gasteiger partial charge in [0.1, 0.15) is 5.82 Å². The largest absolute Gasteiger partial charge is 0.371 e. The van der Waals surface area contributed by atoms with Crippen molar-refractivity contribution in [2.75, 3.05) is 32.8 Å².